The van der Waals surface area contributed by atoms with Crippen LogP contribution in [0.3, 0.4) is 0 Å². The molecule has 4 heterocycles. The van der Waals surface area contributed by atoms with E-state index in [-0.39, 0.29) is 11.6 Å². The van der Waals surface area contributed by atoms with E-state index in [0.29, 0.717) is 12.1 Å². The molecule has 31 heavy (non-hydrogen) atoms. The van der Waals surface area contributed by atoms with Crippen LogP contribution in [0, 0.1) is 5.92 Å². The number of rotatable bonds is 5. The van der Waals surface area contributed by atoms with Crippen molar-refractivity contribution in [2.24, 2.45) is 5.92 Å². The molecule has 6 nitrogen and oxygen atoms in total. The molecule has 1 N–H and O–H groups in total. The van der Waals surface area contributed by atoms with Crippen LogP contribution in [0.5, 0.6) is 0 Å². The van der Waals surface area contributed by atoms with E-state index < -0.39 is 11.9 Å². The molecule has 3 aromatic rings. The second-order valence-electron chi connectivity index (χ2n) is 7.74. The Balaban J connectivity index is 1.49. The predicted molar refractivity (Wildman–Crippen MR) is 112 cm³/mol. The van der Waals surface area contributed by atoms with Gasteiger partial charge in [0.15, 0.2) is 11.5 Å². The van der Waals surface area contributed by atoms with Gasteiger partial charge in [0.2, 0.25) is 0 Å². The largest absolute Gasteiger partial charge is 0.433 e. The first kappa shape index (κ1) is 21.0. The first-order valence-corrected chi connectivity index (χ1v) is 10.2. The first-order chi connectivity index (χ1) is 14.9. The van der Waals surface area contributed by atoms with Crippen LogP contribution in [0.15, 0.2) is 48.9 Å². The average molecular weight is 428 g/mol. The molecule has 1 aliphatic rings. The maximum Gasteiger partial charge on any atom is 0.433 e. The van der Waals surface area contributed by atoms with Gasteiger partial charge in [0.1, 0.15) is 11.6 Å². The van der Waals surface area contributed by atoms with Crippen molar-refractivity contribution in [3.63, 3.8) is 0 Å². The summed E-state index contributed by atoms with van der Waals surface area (Å²) in [7, 11) is 0. The van der Waals surface area contributed by atoms with Crippen LogP contribution in [-0.4, -0.2) is 33.0 Å². The molecule has 0 aromatic carbocycles. The molecule has 1 aliphatic heterocycles. The Morgan fingerprint density at radius 3 is 2.45 bits per heavy atom. The Morgan fingerprint density at radius 1 is 1.06 bits per heavy atom. The topological polar surface area (TPSA) is 66.8 Å². The van der Waals surface area contributed by atoms with Crippen LogP contribution >= 0.6 is 0 Å². The normalized spacial score (nSPS) is 15.2. The lowest BCUT2D eigenvalue weighted by atomic mass is 9.99. The molecule has 0 saturated carbocycles. The van der Waals surface area contributed by atoms with Gasteiger partial charge in [-0.05, 0) is 42.5 Å². The van der Waals surface area contributed by atoms with Crippen molar-refractivity contribution in [1.82, 2.24) is 19.9 Å². The minimum Gasteiger partial charge on any atom is -0.366 e. The van der Waals surface area contributed by atoms with Gasteiger partial charge in [-0.2, -0.15) is 13.2 Å². The maximum atomic E-state index is 13.3. The van der Waals surface area contributed by atoms with Crippen LogP contribution in [0.1, 0.15) is 31.0 Å². The third kappa shape index (κ3) is 5.28. The fraction of sp³-hybridized carbons (Fsp3) is 0.364. The monoisotopic (exact) mass is 428 g/mol. The van der Waals surface area contributed by atoms with Crippen molar-refractivity contribution in [3.05, 3.63) is 60.2 Å². The molecule has 0 aliphatic carbocycles. The van der Waals surface area contributed by atoms with Crippen LogP contribution in [0.2, 0.25) is 0 Å². The molecule has 0 bridgehead atoms. The Hall–Kier alpha value is -3.23. The molecule has 0 radical (unpaired) electrons. The number of nitrogens with one attached hydrogen (secondary N) is 1. The van der Waals surface area contributed by atoms with E-state index in [1.807, 2.05) is 12.1 Å². The highest BCUT2D eigenvalue weighted by Gasteiger charge is 2.33. The van der Waals surface area contributed by atoms with E-state index >= 15 is 0 Å². The summed E-state index contributed by atoms with van der Waals surface area (Å²) >= 11 is 0. The molecule has 0 spiro atoms. The molecule has 4 rings (SSSR count). The number of nitrogens with zero attached hydrogens (tertiary/aromatic N) is 5. The highest BCUT2D eigenvalue weighted by atomic mass is 19.4. The Bertz CT molecular complexity index is 1000. The number of anilines is 2. The van der Waals surface area contributed by atoms with Crippen molar-refractivity contribution < 1.29 is 13.2 Å². The number of piperidine rings is 1. The van der Waals surface area contributed by atoms with E-state index in [1.165, 1.54) is 12.4 Å². The zero-order chi connectivity index (χ0) is 21.8. The van der Waals surface area contributed by atoms with Crippen LogP contribution < -0.4 is 10.2 Å². The summed E-state index contributed by atoms with van der Waals surface area (Å²) < 4.78 is 40.0. The molecule has 1 saturated heterocycles. The Kier molecular flexibility index (Phi) is 6.01. The van der Waals surface area contributed by atoms with Crippen molar-refractivity contribution in [2.45, 2.75) is 32.5 Å². The molecule has 1 fully saturated rings. The molecule has 9 heteroatoms. The Labute approximate surface area is 178 Å². The maximum absolute atomic E-state index is 13.3. The SMILES string of the molecule is CC1CCN(c2ccc(CNc3cc(C(F)(F)F)nc(-c4ccncc4)n3)cn2)CC1. The molecule has 0 amide bonds. The lowest BCUT2D eigenvalue weighted by Gasteiger charge is -2.31. The Morgan fingerprint density at radius 2 is 1.81 bits per heavy atom. The third-order valence-corrected chi connectivity index (χ3v) is 5.35. The smallest absolute Gasteiger partial charge is 0.366 e. The van der Waals surface area contributed by atoms with E-state index in [9.17, 15) is 13.2 Å². The summed E-state index contributed by atoms with van der Waals surface area (Å²) in [5.41, 5.74) is 0.322. The van der Waals surface area contributed by atoms with Crippen LogP contribution in [0.25, 0.3) is 11.4 Å². The first-order valence-electron chi connectivity index (χ1n) is 10.2. The predicted octanol–water partition coefficient (Wildman–Crippen LogP) is 4.80. The number of aromatic nitrogens is 4. The molecular formula is C22H23F3N6. The van der Waals surface area contributed by atoms with E-state index in [1.54, 1.807) is 18.3 Å². The fourth-order valence-electron chi connectivity index (χ4n) is 3.45. The molecule has 3 aromatic heterocycles. The number of hydrogen-bond donors (Lipinski definition) is 1. The lowest BCUT2D eigenvalue weighted by Crippen LogP contribution is -2.33. The van der Waals surface area contributed by atoms with Crippen LogP contribution in [-0.2, 0) is 12.7 Å². The fourth-order valence-corrected chi connectivity index (χ4v) is 3.45. The molecule has 162 valence electrons. The van der Waals surface area contributed by atoms with Gasteiger partial charge in [-0.3, -0.25) is 4.98 Å². The summed E-state index contributed by atoms with van der Waals surface area (Å²) in [4.78, 5) is 18.6. The zero-order valence-electron chi connectivity index (χ0n) is 17.1. The van der Waals surface area contributed by atoms with Gasteiger partial charge in [0, 0.05) is 49.9 Å². The van der Waals surface area contributed by atoms with E-state index in [0.717, 1.165) is 49.3 Å². The zero-order valence-corrected chi connectivity index (χ0v) is 17.1. The van der Waals surface area contributed by atoms with Gasteiger partial charge in [0.05, 0.1) is 0 Å². The van der Waals surface area contributed by atoms with Crippen molar-refractivity contribution in [3.8, 4) is 11.4 Å². The summed E-state index contributed by atoms with van der Waals surface area (Å²) in [6.07, 6.45) is 2.46. The molecular weight excluding hydrogens is 405 g/mol. The minimum atomic E-state index is -4.57. The van der Waals surface area contributed by atoms with Crippen molar-refractivity contribution in [2.75, 3.05) is 23.3 Å². The highest BCUT2D eigenvalue weighted by molar-refractivity contribution is 5.57. The third-order valence-electron chi connectivity index (χ3n) is 5.35. The highest BCUT2D eigenvalue weighted by Crippen LogP contribution is 2.31. The molecule has 0 atom stereocenters. The van der Waals surface area contributed by atoms with E-state index in [2.05, 4.69) is 37.1 Å². The molecule has 0 unspecified atom stereocenters. The lowest BCUT2D eigenvalue weighted by molar-refractivity contribution is -0.141. The quantitative estimate of drug-likeness (QED) is 0.630. The van der Waals surface area contributed by atoms with Gasteiger partial charge < -0.3 is 10.2 Å². The second kappa shape index (κ2) is 8.87. The van der Waals surface area contributed by atoms with Crippen molar-refractivity contribution in [1.29, 1.82) is 0 Å². The van der Waals surface area contributed by atoms with Crippen molar-refractivity contribution >= 4 is 11.6 Å². The summed E-state index contributed by atoms with van der Waals surface area (Å²) in [6.45, 7) is 4.54. The van der Waals surface area contributed by atoms with Gasteiger partial charge in [-0.15, -0.1) is 0 Å². The number of hydrogen-bond acceptors (Lipinski definition) is 6. The standard InChI is InChI=1S/C22H23F3N6/c1-15-6-10-31(11-7-15)20-3-2-16(14-28-20)13-27-19-12-18(22(23,24)25)29-21(30-19)17-4-8-26-9-5-17/h2-5,8-9,12,14-15H,6-7,10-11,13H2,1H3,(H,27,29,30). The average Bonchev–Trinajstić information content (AvgIpc) is 2.78. The van der Waals surface area contributed by atoms with Gasteiger partial charge >= 0.3 is 6.18 Å². The number of pyridine rings is 2. The summed E-state index contributed by atoms with van der Waals surface area (Å²) in [6, 6.07) is 7.95. The number of halogens is 3. The summed E-state index contributed by atoms with van der Waals surface area (Å²) in [5.74, 6) is 1.76. The minimum absolute atomic E-state index is 0.00692. The number of alkyl halides is 3. The van der Waals surface area contributed by atoms with Gasteiger partial charge in [-0.25, -0.2) is 15.0 Å². The van der Waals surface area contributed by atoms with Crippen LogP contribution in [0.4, 0.5) is 24.8 Å². The van der Waals surface area contributed by atoms with Gasteiger partial charge in [-0.1, -0.05) is 13.0 Å². The summed E-state index contributed by atoms with van der Waals surface area (Å²) in [5, 5.41) is 2.97. The van der Waals surface area contributed by atoms with E-state index in [4.69, 9.17) is 0 Å². The van der Waals surface area contributed by atoms with Gasteiger partial charge in [0.25, 0.3) is 0 Å². The second-order valence-corrected chi connectivity index (χ2v) is 7.74.